The molecule has 0 spiro atoms. The normalized spacial score (nSPS) is 19.1. The summed E-state index contributed by atoms with van der Waals surface area (Å²) in [5.41, 5.74) is 1.17. The van der Waals surface area contributed by atoms with Gasteiger partial charge in [-0.2, -0.15) is 0 Å². The minimum absolute atomic E-state index is 0.418. The Hall–Kier alpha value is -2.08. The van der Waals surface area contributed by atoms with Gasteiger partial charge in [-0.15, -0.1) is 10.2 Å². The first-order valence-corrected chi connectivity index (χ1v) is 9.22. The first-order valence-electron chi connectivity index (χ1n) is 9.22. The van der Waals surface area contributed by atoms with Crippen molar-refractivity contribution in [1.29, 1.82) is 0 Å². The molecule has 25 heavy (non-hydrogen) atoms. The first kappa shape index (κ1) is 16.4. The molecule has 3 heterocycles. The van der Waals surface area contributed by atoms with Gasteiger partial charge in [-0.1, -0.05) is 26.0 Å². The Morgan fingerprint density at radius 2 is 2.12 bits per heavy atom. The van der Waals surface area contributed by atoms with Gasteiger partial charge >= 0.3 is 0 Å². The Kier molecular flexibility index (Phi) is 4.61. The molecule has 1 aromatic carbocycles. The summed E-state index contributed by atoms with van der Waals surface area (Å²) >= 11 is 0. The van der Waals surface area contributed by atoms with Crippen molar-refractivity contribution in [2.45, 2.75) is 45.7 Å². The Bertz CT molecular complexity index is 741. The van der Waals surface area contributed by atoms with Crippen LogP contribution in [0.1, 0.15) is 43.4 Å². The second-order valence-corrected chi connectivity index (χ2v) is 7.22. The summed E-state index contributed by atoms with van der Waals surface area (Å²) in [4.78, 5) is 0. The van der Waals surface area contributed by atoms with Crippen molar-refractivity contribution in [2.24, 2.45) is 5.92 Å². The van der Waals surface area contributed by atoms with Gasteiger partial charge in [0.25, 0.3) is 0 Å². The van der Waals surface area contributed by atoms with Crippen LogP contribution >= 0.6 is 0 Å². The van der Waals surface area contributed by atoms with Crippen molar-refractivity contribution < 1.29 is 9.47 Å². The number of nitrogens with one attached hydrogen (secondary N) is 1. The number of fused-ring (bicyclic) bond motifs is 2. The quantitative estimate of drug-likeness (QED) is 0.905. The van der Waals surface area contributed by atoms with Crippen LogP contribution in [0.25, 0.3) is 0 Å². The number of ether oxygens (including phenoxy) is 2. The number of aromatic nitrogens is 3. The third-order valence-corrected chi connectivity index (χ3v) is 4.99. The van der Waals surface area contributed by atoms with Gasteiger partial charge in [0.1, 0.15) is 24.9 Å². The Balaban J connectivity index is 1.36. The Morgan fingerprint density at radius 1 is 1.24 bits per heavy atom. The molecular weight excluding hydrogens is 316 g/mol. The molecule has 4 rings (SSSR count). The molecule has 6 nitrogen and oxygen atoms in total. The molecule has 6 heteroatoms. The number of aryl methyl sites for hydroxylation is 1. The van der Waals surface area contributed by atoms with Gasteiger partial charge in [0.05, 0.1) is 0 Å². The van der Waals surface area contributed by atoms with Gasteiger partial charge in [0.15, 0.2) is 11.5 Å². The Labute approximate surface area is 148 Å². The second-order valence-electron chi connectivity index (χ2n) is 7.22. The average molecular weight is 342 g/mol. The fraction of sp³-hybridized carbons (Fsp3) is 0.579. The number of hydrogen-bond donors (Lipinski definition) is 1. The summed E-state index contributed by atoms with van der Waals surface area (Å²) in [6, 6.07) is 6.11. The predicted molar refractivity (Wildman–Crippen MR) is 95.1 cm³/mol. The highest BCUT2D eigenvalue weighted by Crippen LogP contribution is 2.33. The summed E-state index contributed by atoms with van der Waals surface area (Å²) in [6.45, 7) is 8.41. The molecule has 0 saturated carbocycles. The average Bonchev–Trinajstić information content (AvgIpc) is 3.05. The standard InChI is InChI=1S/C19H26N4O2/c1-13(2)19-22-21-17-7-6-14(12-23(17)19)10-20-11-15-4-3-5-16-18(15)25-9-8-24-16/h3-5,13-14,20H,6-12H2,1-2H3/t14-/m1/s1. The summed E-state index contributed by atoms with van der Waals surface area (Å²) < 4.78 is 13.8. The zero-order valence-corrected chi connectivity index (χ0v) is 15.0. The lowest BCUT2D eigenvalue weighted by Gasteiger charge is -2.26. The van der Waals surface area contributed by atoms with Crippen molar-refractivity contribution in [3.05, 3.63) is 35.4 Å². The molecule has 1 aromatic heterocycles. The fourth-order valence-electron chi connectivity index (χ4n) is 3.69. The van der Waals surface area contributed by atoms with Gasteiger partial charge in [-0.3, -0.25) is 0 Å². The molecule has 0 bridgehead atoms. The van der Waals surface area contributed by atoms with E-state index in [2.05, 4.69) is 40.0 Å². The van der Waals surface area contributed by atoms with Gasteiger partial charge in [0, 0.05) is 31.0 Å². The minimum atomic E-state index is 0.418. The molecule has 134 valence electrons. The number of para-hydroxylation sites is 1. The third-order valence-electron chi connectivity index (χ3n) is 4.99. The molecule has 2 aliphatic heterocycles. The van der Waals surface area contributed by atoms with Gasteiger partial charge < -0.3 is 19.4 Å². The van der Waals surface area contributed by atoms with Crippen molar-refractivity contribution in [2.75, 3.05) is 19.8 Å². The zero-order chi connectivity index (χ0) is 17.2. The van der Waals surface area contributed by atoms with Crippen LogP contribution in [-0.2, 0) is 19.5 Å². The fourth-order valence-corrected chi connectivity index (χ4v) is 3.69. The van der Waals surface area contributed by atoms with E-state index in [1.807, 2.05) is 12.1 Å². The maximum atomic E-state index is 5.79. The molecule has 0 amide bonds. The van der Waals surface area contributed by atoms with E-state index in [1.54, 1.807) is 0 Å². The molecule has 0 saturated heterocycles. The maximum Gasteiger partial charge on any atom is 0.165 e. The number of benzene rings is 1. The SMILES string of the molecule is CC(C)c1nnc2n1C[C@@H](CNCc1cccc3c1OCCO3)CC2. The van der Waals surface area contributed by atoms with Crippen LogP contribution in [0.3, 0.4) is 0 Å². The van der Waals surface area contributed by atoms with E-state index in [0.29, 0.717) is 25.0 Å². The topological polar surface area (TPSA) is 61.2 Å². The van der Waals surface area contributed by atoms with Crippen molar-refractivity contribution in [3.63, 3.8) is 0 Å². The lowest BCUT2D eigenvalue weighted by molar-refractivity contribution is 0.169. The van der Waals surface area contributed by atoms with Crippen LogP contribution in [0.5, 0.6) is 11.5 Å². The van der Waals surface area contributed by atoms with E-state index in [1.165, 1.54) is 5.56 Å². The third kappa shape index (κ3) is 3.35. The van der Waals surface area contributed by atoms with Crippen molar-refractivity contribution >= 4 is 0 Å². The van der Waals surface area contributed by atoms with E-state index in [-0.39, 0.29) is 0 Å². The van der Waals surface area contributed by atoms with Crippen LogP contribution in [0, 0.1) is 5.92 Å². The lowest BCUT2D eigenvalue weighted by Crippen LogP contribution is -2.31. The first-order chi connectivity index (χ1) is 12.2. The van der Waals surface area contributed by atoms with Crippen LogP contribution in [0.15, 0.2) is 18.2 Å². The maximum absolute atomic E-state index is 5.79. The molecular formula is C19H26N4O2. The summed E-state index contributed by atoms with van der Waals surface area (Å²) in [5.74, 6) is 5.04. The van der Waals surface area contributed by atoms with E-state index in [9.17, 15) is 0 Å². The smallest absolute Gasteiger partial charge is 0.165 e. The molecule has 1 N–H and O–H groups in total. The van der Waals surface area contributed by atoms with Crippen molar-refractivity contribution in [1.82, 2.24) is 20.1 Å². The molecule has 0 aliphatic carbocycles. The second kappa shape index (κ2) is 7.04. The van der Waals surface area contributed by atoms with Gasteiger partial charge in [-0.25, -0.2) is 0 Å². The molecule has 0 fully saturated rings. The van der Waals surface area contributed by atoms with Gasteiger partial charge in [0.2, 0.25) is 0 Å². The van der Waals surface area contributed by atoms with E-state index in [4.69, 9.17) is 9.47 Å². The number of hydrogen-bond acceptors (Lipinski definition) is 5. The summed E-state index contributed by atoms with van der Waals surface area (Å²) in [6.07, 6.45) is 2.18. The van der Waals surface area contributed by atoms with Gasteiger partial charge in [-0.05, 0) is 24.9 Å². The van der Waals surface area contributed by atoms with Crippen LogP contribution in [-0.4, -0.2) is 34.5 Å². The summed E-state index contributed by atoms with van der Waals surface area (Å²) in [5, 5.41) is 12.3. The number of rotatable bonds is 5. The number of nitrogens with zero attached hydrogens (tertiary/aromatic N) is 3. The van der Waals surface area contributed by atoms with Crippen LogP contribution in [0.4, 0.5) is 0 Å². The van der Waals surface area contributed by atoms with E-state index >= 15 is 0 Å². The predicted octanol–water partition coefficient (Wildman–Crippen LogP) is 2.52. The highest BCUT2D eigenvalue weighted by atomic mass is 16.6. The van der Waals surface area contributed by atoms with E-state index in [0.717, 1.165) is 55.6 Å². The zero-order valence-electron chi connectivity index (χ0n) is 15.0. The largest absolute Gasteiger partial charge is 0.486 e. The molecule has 0 unspecified atom stereocenters. The lowest BCUT2D eigenvalue weighted by atomic mass is 9.98. The summed E-state index contributed by atoms with van der Waals surface area (Å²) in [7, 11) is 0. The van der Waals surface area contributed by atoms with E-state index < -0.39 is 0 Å². The van der Waals surface area contributed by atoms with Crippen molar-refractivity contribution in [3.8, 4) is 11.5 Å². The molecule has 2 aliphatic rings. The molecule has 0 radical (unpaired) electrons. The minimum Gasteiger partial charge on any atom is -0.486 e. The highest BCUT2D eigenvalue weighted by molar-refractivity contribution is 5.47. The molecule has 2 aromatic rings. The monoisotopic (exact) mass is 342 g/mol. The Morgan fingerprint density at radius 3 is 3.00 bits per heavy atom. The highest BCUT2D eigenvalue weighted by Gasteiger charge is 2.24. The van der Waals surface area contributed by atoms with Crippen LogP contribution in [0.2, 0.25) is 0 Å². The molecule has 1 atom stereocenters. The van der Waals surface area contributed by atoms with Crippen LogP contribution < -0.4 is 14.8 Å².